The lowest BCUT2D eigenvalue weighted by Crippen LogP contribution is -2.38. The van der Waals surface area contributed by atoms with Crippen molar-refractivity contribution in [2.45, 2.75) is 26.4 Å². The molecule has 2 heterocycles. The van der Waals surface area contributed by atoms with Gasteiger partial charge in [-0.25, -0.2) is 15.0 Å². The van der Waals surface area contributed by atoms with Crippen LogP contribution in [-0.4, -0.2) is 27.0 Å². The lowest BCUT2D eigenvalue weighted by Gasteiger charge is -2.18. The summed E-state index contributed by atoms with van der Waals surface area (Å²) in [6.07, 6.45) is 7.20. The summed E-state index contributed by atoms with van der Waals surface area (Å²) in [5.41, 5.74) is 2.28. The molecule has 2 aromatic heterocycles. The van der Waals surface area contributed by atoms with Crippen LogP contribution in [0.3, 0.4) is 0 Å². The molecular weight excluding hydrogens is 451 g/mol. The largest absolute Gasteiger partial charge is 0.357 e. The van der Waals surface area contributed by atoms with Crippen LogP contribution < -0.4 is 10.6 Å². The first-order valence-corrected chi connectivity index (χ1v) is 8.79. The van der Waals surface area contributed by atoms with Crippen LogP contribution >= 0.6 is 24.0 Å². The zero-order chi connectivity index (χ0) is 18.2. The maximum Gasteiger partial charge on any atom is 0.192 e. The summed E-state index contributed by atoms with van der Waals surface area (Å²) >= 11 is 0. The molecule has 27 heavy (non-hydrogen) atoms. The Morgan fingerprint density at radius 1 is 1.19 bits per heavy atom. The second-order valence-electron chi connectivity index (χ2n) is 5.97. The molecule has 1 atom stereocenters. The molecule has 3 aromatic rings. The van der Waals surface area contributed by atoms with Crippen molar-refractivity contribution in [2.75, 3.05) is 6.54 Å². The van der Waals surface area contributed by atoms with Gasteiger partial charge in [0.15, 0.2) is 5.96 Å². The van der Waals surface area contributed by atoms with Crippen molar-refractivity contribution < 1.29 is 0 Å². The number of hydrogen-bond acceptors (Lipinski definition) is 3. The number of guanidine groups is 1. The van der Waals surface area contributed by atoms with Gasteiger partial charge >= 0.3 is 0 Å². The van der Waals surface area contributed by atoms with Crippen LogP contribution in [0.15, 0.2) is 72.4 Å². The summed E-state index contributed by atoms with van der Waals surface area (Å²) in [5.74, 6) is 1.64. The lowest BCUT2D eigenvalue weighted by atomic mass is 10.1. The van der Waals surface area contributed by atoms with E-state index in [4.69, 9.17) is 0 Å². The smallest absolute Gasteiger partial charge is 0.192 e. The summed E-state index contributed by atoms with van der Waals surface area (Å²) < 4.78 is 1.88. The van der Waals surface area contributed by atoms with Crippen LogP contribution in [0, 0.1) is 0 Å². The number of aliphatic imine (C=N–C) groups is 1. The van der Waals surface area contributed by atoms with E-state index in [1.807, 2.05) is 47.3 Å². The van der Waals surface area contributed by atoms with Gasteiger partial charge in [0.1, 0.15) is 12.1 Å². The number of nitrogens with one attached hydrogen (secondary N) is 2. The minimum absolute atomic E-state index is 0. The number of aromatic nitrogens is 3. The van der Waals surface area contributed by atoms with Crippen LogP contribution in [0.4, 0.5) is 0 Å². The summed E-state index contributed by atoms with van der Waals surface area (Å²) in [7, 11) is 0. The average Bonchev–Trinajstić information content (AvgIpc) is 3.22. The monoisotopic (exact) mass is 476 g/mol. The van der Waals surface area contributed by atoms with E-state index in [0.717, 1.165) is 23.9 Å². The SMILES string of the molecule is CCNC(=NCc1ccc(-n2ccnc2)nc1)NC(C)c1ccccc1.I. The van der Waals surface area contributed by atoms with Crippen molar-refractivity contribution in [3.05, 3.63) is 78.5 Å². The van der Waals surface area contributed by atoms with E-state index in [2.05, 4.69) is 51.6 Å². The molecule has 0 saturated carbocycles. The van der Waals surface area contributed by atoms with E-state index < -0.39 is 0 Å². The van der Waals surface area contributed by atoms with Crippen molar-refractivity contribution in [2.24, 2.45) is 4.99 Å². The number of rotatable bonds is 6. The first-order chi connectivity index (χ1) is 12.8. The number of benzene rings is 1. The zero-order valence-corrected chi connectivity index (χ0v) is 17.9. The summed E-state index contributed by atoms with van der Waals surface area (Å²) in [6, 6.07) is 14.5. The fourth-order valence-electron chi connectivity index (χ4n) is 2.58. The predicted octanol–water partition coefficient (Wildman–Crippen LogP) is 3.70. The number of halogens is 1. The molecule has 6 nitrogen and oxygen atoms in total. The van der Waals surface area contributed by atoms with Gasteiger partial charge < -0.3 is 10.6 Å². The molecule has 0 radical (unpaired) electrons. The maximum atomic E-state index is 4.68. The Morgan fingerprint density at radius 2 is 2.00 bits per heavy atom. The Morgan fingerprint density at radius 3 is 2.63 bits per heavy atom. The third kappa shape index (κ3) is 6.06. The zero-order valence-electron chi connectivity index (χ0n) is 15.5. The van der Waals surface area contributed by atoms with Gasteiger partial charge in [-0.15, -0.1) is 24.0 Å². The maximum absolute atomic E-state index is 4.68. The lowest BCUT2D eigenvalue weighted by molar-refractivity contribution is 0.686. The van der Waals surface area contributed by atoms with E-state index >= 15 is 0 Å². The Bertz CT molecular complexity index is 815. The molecule has 0 fully saturated rings. The molecule has 2 N–H and O–H groups in total. The summed E-state index contributed by atoms with van der Waals surface area (Å²) in [5, 5.41) is 6.74. The quantitative estimate of drug-likeness (QED) is 0.324. The first-order valence-electron chi connectivity index (χ1n) is 8.79. The van der Waals surface area contributed by atoms with Crippen molar-refractivity contribution in [3.8, 4) is 5.82 Å². The molecule has 0 aliphatic heterocycles. The third-order valence-electron chi connectivity index (χ3n) is 3.99. The minimum Gasteiger partial charge on any atom is -0.357 e. The van der Waals surface area contributed by atoms with Crippen LogP contribution in [-0.2, 0) is 6.54 Å². The molecule has 0 bridgehead atoms. The van der Waals surface area contributed by atoms with E-state index in [0.29, 0.717) is 6.54 Å². The number of nitrogens with zero attached hydrogens (tertiary/aromatic N) is 4. The predicted molar refractivity (Wildman–Crippen MR) is 120 cm³/mol. The Hall–Kier alpha value is -2.42. The molecule has 0 saturated heterocycles. The topological polar surface area (TPSA) is 67.1 Å². The molecule has 7 heteroatoms. The second kappa shape index (κ2) is 10.7. The molecule has 3 rings (SSSR count). The van der Waals surface area contributed by atoms with Gasteiger partial charge in [-0.1, -0.05) is 36.4 Å². The molecule has 1 aromatic carbocycles. The second-order valence-corrected chi connectivity index (χ2v) is 5.97. The number of imidazole rings is 1. The number of pyridine rings is 1. The molecule has 0 amide bonds. The fraction of sp³-hybridized carbons (Fsp3) is 0.250. The van der Waals surface area contributed by atoms with Crippen molar-refractivity contribution >= 4 is 29.9 Å². The molecular formula is C20H25IN6. The van der Waals surface area contributed by atoms with Gasteiger partial charge in [0, 0.05) is 25.1 Å². The normalized spacial score (nSPS) is 12.1. The minimum atomic E-state index is 0. The highest BCUT2D eigenvalue weighted by molar-refractivity contribution is 14.0. The standard InChI is InChI=1S/C20H24N6.HI/c1-3-22-20(25-16(2)18-7-5-4-6-8-18)24-14-17-9-10-19(23-13-17)26-12-11-21-15-26;/h4-13,15-16H,3,14H2,1-2H3,(H2,22,24,25);1H. The van der Waals surface area contributed by atoms with Gasteiger partial charge in [0.2, 0.25) is 0 Å². The van der Waals surface area contributed by atoms with Crippen LogP contribution in [0.1, 0.15) is 31.0 Å². The fourth-order valence-corrected chi connectivity index (χ4v) is 2.58. The molecule has 0 aliphatic rings. The summed E-state index contributed by atoms with van der Waals surface area (Å²) in [6.45, 7) is 5.56. The Balaban J connectivity index is 0.00000261. The first kappa shape index (κ1) is 20.9. The van der Waals surface area contributed by atoms with Gasteiger partial charge in [-0.2, -0.15) is 0 Å². The third-order valence-corrected chi connectivity index (χ3v) is 3.99. The van der Waals surface area contributed by atoms with Crippen molar-refractivity contribution in [1.82, 2.24) is 25.2 Å². The van der Waals surface area contributed by atoms with E-state index in [1.54, 1.807) is 12.5 Å². The Labute approximate surface area is 177 Å². The van der Waals surface area contributed by atoms with Gasteiger partial charge in [0.05, 0.1) is 12.6 Å². The highest BCUT2D eigenvalue weighted by Gasteiger charge is 2.07. The molecule has 0 aliphatic carbocycles. The van der Waals surface area contributed by atoms with E-state index in [9.17, 15) is 0 Å². The molecule has 142 valence electrons. The highest BCUT2D eigenvalue weighted by atomic mass is 127. The molecule has 1 unspecified atom stereocenters. The summed E-state index contributed by atoms with van der Waals surface area (Å²) in [4.78, 5) is 13.2. The highest BCUT2D eigenvalue weighted by Crippen LogP contribution is 2.11. The van der Waals surface area contributed by atoms with Crippen molar-refractivity contribution in [3.63, 3.8) is 0 Å². The van der Waals surface area contributed by atoms with Gasteiger partial charge in [-0.05, 0) is 31.0 Å². The molecule has 0 spiro atoms. The van der Waals surface area contributed by atoms with Gasteiger partial charge in [0.25, 0.3) is 0 Å². The van der Waals surface area contributed by atoms with Gasteiger partial charge in [-0.3, -0.25) is 4.57 Å². The average molecular weight is 476 g/mol. The number of hydrogen-bond donors (Lipinski definition) is 2. The van der Waals surface area contributed by atoms with E-state index in [-0.39, 0.29) is 30.0 Å². The van der Waals surface area contributed by atoms with Crippen molar-refractivity contribution in [1.29, 1.82) is 0 Å². The van der Waals surface area contributed by atoms with Crippen LogP contribution in [0.5, 0.6) is 0 Å². The van der Waals surface area contributed by atoms with Crippen LogP contribution in [0.2, 0.25) is 0 Å². The van der Waals surface area contributed by atoms with Crippen LogP contribution in [0.25, 0.3) is 5.82 Å². The van der Waals surface area contributed by atoms with E-state index in [1.165, 1.54) is 5.56 Å². The Kier molecular flexibility index (Phi) is 8.25.